The van der Waals surface area contributed by atoms with Gasteiger partial charge in [-0.15, -0.1) is 9.89 Å². The molecule has 10 heteroatoms. The van der Waals surface area contributed by atoms with E-state index in [0.29, 0.717) is 23.0 Å². The van der Waals surface area contributed by atoms with E-state index in [1.807, 2.05) is 24.3 Å². The largest absolute Gasteiger partial charge is 0.478 e. The van der Waals surface area contributed by atoms with Gasteiger partial charge in [0.2, 0.25) is 5.82 Å². The van der Waals surface area contributed by atoms with Crippen molar-refractivity contribution in [2.75, 3.05) is 23.3 Å². The molecule has 0 saturated heterocycles. The van der Waals surface area contributed by atoms with Gasteiger partial charge >= 0.3 is 5.97 Å². The van der Waals surface area contributed by atoms with Gasteiger partial charge in [-0.2, -0.15) is 5.10 Å². The summed E-state index contributed by atoms with van der Waals surface area (Å²) < 4.78 is 0. The molecule has 0 bridgehead atoms. The van der Waals surface area contributed by atoms with Crippen molar-refractivity contribution in [3.63, 3.8) is 0 Å². The van der Waals surface area contributed by atoms with Crippen LogP contribution in [0, 0.1) is 5.41 Å². The average Bonchev–Trinajstić information content (AvgIpc) is 3.54. The van der Waals surface area contributed by atoms with Crippen molar-refractivity contribution in [3.05, 3.63) is 89.7 Å². The molecule has 10 nitrogen and oxygen atoms in total. The Balaban J connectivity index is 1.39. The smallest absolute Gasteiger partial charge is 0.335 e. The molecule has 1 aliphatic rings. The highest BCUT2D eigenvalue weighted by Gasteiger charge is 2.34. The van der Waals surface area contributed by atoms with Crippen molar-refractivity contribution >= 4 is 40.4 Å². The summed E-state index contributed by atoms with van der Waals surface area (Å²) >= 11 is 0. The quantitative estimate of drug-likeness (QED) is 0.266. The van der Waals surface area contributed by atoms with E-state index in [1.165, 1.54) is 23.0 Å². The summed E-state index contributed by atoms with van der Waals surface area (Å²) in [5.41, 5.74) is 4.79. The number of aromatic nitrogens is 3. The second kappa shape index (κ2) is 11.4. The Morgan fingerprint density at radius 1 is 0.952 bits per heavy atom. The molecule has 4 aromatic rings. The van der Waals surface area contributed by atoms with E-state index in [0.717, 1.165) is 35.7 Å². The Morgan fingerprint density at radius 3 is 2.24 bits per heavy atom. The average molecular weight is 564 g/mol. The minimum absolute atomic E-state index is 0.0498. The van der Waals surface area contributed by atoms with Gasteiger partial charge in [0, 0.05) is 41.0 Å². The van der Waals surface area contributed by atoms with Gasteiger partial charge in [0.1, 0.15) is 5.71 Å². The lowest BCUT2D eigenvalue weighted by Crippen LogP contribution is -2.27. The molecule has 2 N–H and O–H groups in total. The molecule has 42 heavy (non-hydrogen) atoms. The Hall–Kier alpha value is -5.12. The highest BCUT2D eigenvalue weighted by Crippen LogP contribution is 2.29. The maximum Gasteiger partial charge on any atom is 0.335 e. The zero-order chi connectivity index (χ0) is 30.0. The number of fused-ring (bicyclic) bond motifs is 1. The number of nitrogens with zero attached hydrogens (tertiary/aromatic N) is 6. The van der Waals surface area contributed by atoms with Crippen LogP contribution in [0.25, 0.3) is 11.4 Å². The van der Waals surface area contributed by atoms with E-state index >= 15 is 0 Å². The number of aliphatic imine (C=N–C) groups is 1. The van der Waals surface area contributed by atoms with E-state index < -0.39 is 11.9 Å². The van der Waals surface area contributed by atoms with Gasteiger partial charge in [0.15, 0.2) is 5.82 Å². The molecule has 5 rings (SSSR count). The lowest BCUT2D eigenvalue weighted by molar-refractivity contribution is 0.0697. The molecule has 0 atom stereocenters. The number of carboxylic acids is 1. The third-order valence-corrected chi connectivity index (χ3v) is 6.92. The van der Waals surface area contributed by atoms with Crippen LogP contribution in [0.15, 0.2) is 82.9 Å². The maximum atomic E-state index is 12.7. The molecule has 0 radical (unpaired) electrons. The van der Waals surface area contributed by atoms with Gasteiger partial charge in [-0.1, -0.05) is 26.8 Å². The number of aromatic carboxylic acids is 1. The predicted molar refractivity (Wildman–Crippen MR) is 165 cm³/mol. The molecular weight excluding hydrogens is 530 g/mol. The van der Waals surface area contributed by atoms with Gasteiger partial charge in [0.25, 0.3) is 5.91 Å². The van der Waals surface area contributed by atoms with Gasteiger partial charge in [-0.25, -0.2) is 14.8 Å². The van der Waals surface area contributed by atoms with Crippen LogP contribution in [-0.2, 0) is 0 Å². The first-order valence-corrected chi connectivity index (χ1v) is 13.8. The summed E-state index contributed by atoms with van der Waals surface area (Å²) in [7, 11) is 0. The van der Waals surface area contributed by atoms with Crippen LogP contribution in [0.2, 0.25) is 0 Å². The van der Waals surface area contributed by atoms with Crippen molar-refractivity contribution in [1.29, 1.82) is 0 Å². The van der Waals surface area contributed by atoms with Crippen LogP contribution >= 0.6 is 0 Å². The fourth-order valence-corrected chi connectivity index (χ4v) is 4.66. The van der Waals surface area contributed by atoms with Crippen molar-refractivity contribution in [3.8, 4) is 11.4 Å². The van der Waals surface area contributed by atoms with Crippen LogP contribution in [0.3, 0.4) is 0 Å². The highest BCUT2D eigenvalue weighted by molar-refractivity contribution is 6.50. The second-order valence-corrected chi connectivity index (χ2v) is 10.9. The normalized spacial score (nSPS) is 13.5. The molecule has 0 unspecified atom stereocenters. The molecule has 2 heterocycles. The zero-order valence-corrected chi connectivity index (χ0v) is 24.3. The van der Waals surface area contributed by atoms with Crippen molar-refractivity contribution in [1.82, 2.24) is 14.9 Å². The van der Waals surface area contributed by atoms with E-state index in [9.17, 15) is 14.7 Å². The molecular formula is C32H33N7O3. The summed E-state index contributed by atoms with van der Waals surface area (Å²) in [6.07, 6.45) is 0. The number of amides is 1. The first-order chi connectivity index (χ1) is 20.1. The van der Waals surface area contributed by atoms with E-state index in [4.69, 9.17) is 15.1 Å². The third-order valence-electron chi connectivity index (χ3n) is 6.92. The summed E-state index contributed by atoms with van der Waals surface area (Å²) in [6.45, 7) is 12.4. The number of carboxylic acid groups (broad SMARTS) is 1. The van der Waals surface area contributed by atoms with Crippen molar-refractivity contribution in [2.24, 2.45) is 15.5 Å². The summed E-state index contributed by atoms with van der Waals surface area (Å²) in [5, 5.41) is 21.4. The number of nitrogens with one attached hydrogen (secondary N) is 1. The topological polar surface area (TPSA) is 125 Å². The van der Waals surface area contributed by atoms with Crippen molar-refractivity contribution < 1.29 is 14.7 Å². The van der Waals surface area contributed by atoms with Crippen molar-refractivity contribution in [2.45, 2.75) is 34.6 Å². The zero-order valence-electron chi connectivity index (χ0n) is 24.3. The minimum atomic E-state index is -1.09. The van der Waals surface area contributed by atoms with Crippen LogP contribution in [-0.4, -0.2) is 56.4 Å². The van der Waals surface area contributed by atoms with Gasteiger partial charge < -0.3 is 15.3 Å². The summed E-state index contributed by atoms with van der Waals surface area (Å²) in [4.78, 5) is 37.5. The number of hydrogen-bond donors (Lipinski definition) is 2. The lowest BCUT2D eigenvalue weighted by atomic mass is 9.87. The Kier molecular flexibility index (Phi) is 7.71. The number of carbonyl (C=O) groups is 2. The van der Waals surface area contributed by atoms with E-state index in [1.54, 1.807) is 18.2 Å². The molecule has 1 aliphatic heterocycles. The standard InChI is InChI=1S/C32H33N7O3/c1-6-38(7-2)25-17-15-23(16-18-25)33-26-27(32(3,4)5)36-39-29(26)35-28(37-39)20-11-13-24(14-12-20)34-30(40)21-9-8-10-22(19-21)31(41)42/h8-19H,6-7H2,1-5H3,(H,34,40)(H,41,42). The molecule has 214 valence electrons. The van der Waals surface area contributed by atoms with Crippen LogP contribution in [0.4, 0.5) is 17.1 Å². The maximum absolute atomic E-state index is 12.7. The minimum Gasteiger partial charge on any atom is -0.478 e. The first kappa shape index (κ1) is 28.4. The molecule has 1 amide bonds. The van der Waals surface area contributed by atoms with E-state index in [2.05, 4.69) is 62.1 Å². The monoisotopic (exact) mass is 563 g/mol. The second-order valence-electron chi connectivity index (χ2n) is 10.9. The van der Waals surface area contributed by atoms with Gasteiger partial charge in [0.05, 0.1) is 17.0 Å². The fourth-order valence-electron chi connectivity index (χ4n) is 4.66. The molecule has 0 fully saturated rings. The molecule has 0 saturated carbocycles. The van der Waals surface area contributed by atoms with Crippen LogP contribution in [0.1, 0.15) is 61.2 Å². The molecule has 0 spiro atoms. The number of rotatable bonds is 8. The first-order valence-electron chi connectivity index (χ1n) is 13.8. The fraction of sp³-hybridized carbons (Fsp3) is 0.250. The van der Waals surface area contributed by atoms with E-state index in [-0.39, 0.29) is 16.5 Å². The number of benzene rings is 3. The number of anilines is 2. The van der Waals surface area contributed by atoms with Gasteiger partial charge in [-0.05, 0) is 80.6 Å². The molecule has 3 aromatic carbocycles. The van der Waals surface area contributed by atoms with Crippen LogP contribution < -0.4 is 10.2 Å². The third kappa shape index (κ3) is 5.83. The Morgan fingerprint density at radius 2 is 1.62 bits per heavy atom. The lowest BCUT2D eigenvalue weighted by Gasteiger charge is -2.21. The van der Waals surface area contributed by atoms with Crippen LogP contribution in [0.5, 0.6) is 0 Å². The Bertz CT molecular complexity index is 1690. The summed E-state index contributed by atoms with van der Waals surface area (Å²) in [6, 6.07) is 21.2. The Labute approximate surface area is 244 Å². The number of carbonyl (C=O) groups excluding carboxylic acids is 1. The number of hydrogen-bond acceptors (Lipinski definition) is 7. The van der Waals surface area contributed by atoms with Gasteiger partial charge in [-0.3, -0.25) is 4.79 Å². The molecule has 1 aromatic heterocycles. The predicted octanol–water partition coefficient (Wildman–Crippen LogP) is 6.13. The SMILES string of the molecule is CCN(CC)c1ccc(N=C2C(C(C)(C)C)=Nn3nc(-c4ccc(NC(=O)c5cccc(C(=O)O)c5)cc4)nc32)cc1. The summed E-state index contributed by atoms with van der Waals surface area (Å²) in [5.74, 6) is -0.439. The molecule has 0 aliphatic carbocycles. The highest BCUT2D eigenvalue weighted by atomic mass is 16.4.